The van der Waals surface area contributed by atoms with Gasteiger partial charge in [0, 0.05) is 18.7 Å². The first kappa shape index (κ1) is 17.5. The minimum Gasteiger partial charge on any atom is -0.489 e. The van der Waals surface area contributed by atoms with E-state index in [9.17, 15) is 13.2 Å². The van der Waals surface area contributed by atoms with Crippen LogP contribution in [0.25, 0.3) is 0 Å². The first-order valence-corrected chi connectivity index (χ1v) is 8.70. The number of carboxylic acids is 1. The van der Waals surface area contributed by atoms with Crippen molar-refractivity contribution in [3.63, 3.8) is 0 Å². The molecule has 0 aliphatic carbocycles. The fourth-order valence-electron chi connectivity index (χ4n) is 2.47. The number of hydrogen-bond donors (Lipinski definition) is 2. The van der Waals surface area contributed by atoms with Crippen molar-refractivity contribution in [2.24, 2.45) is 0 Å². The molecule has 1 saturated heterocycles. The van der Waals surface area contributed by atoms with Gasteiger partial charge in [-0.05, 0) is 18.9 Å². The molecule has 0 saturated carbocycles. The second-order valence-corrected chi connectivity index (χ2v) is 6.85. The molecule has 2 rings (SSSR count). The molecule has 1 atom stereocenters. The summed E-state index contributed by atoms with van der Waals surface area (Å²) >= 11 is 0. The van der Waals surface area contributed by atoms with Crippen molar-refractivity contribution in [2.45, 2.75) is 25.4 Å². The minimum atomic E-state index is -3.86. The number of nitrogens with zero attached hydrogens (tertiary/aromatic N) is 1. The number of carboxylic acid groups (broad SMARTS) is 1. The molecule has 7 nitrogen and oxygen atoms in total. The molecule has 23 heavy (non-hydrogen) atoms. The van der Waals surface area contributed by atoms with Gasteiger partial charge < -0.3 is 9.84 Å². The highest BCUT2D eigenvalue weighted by Crippen LogP contribution is 2.22. The molecule has 2 N–H and O–H groups in total. The number of para-hydroxylation sites is 1. The predicted molar refractivity (Wildman–Crippen MR) is 85.3 cm³/mol. The van der Waals surface area contributed by atoms with Crippen molar-refractivity contribution in [2.75, 3.05) is 13.2 Å². The summed E-state index contributed by atoms with van der Waals surface area (Å²) in [6.07, 6.45) is 2.47. The molecule has 0 aromatic heterocycles. The summed E-state index contributed by atoms with van der Waals surface area (Å²) in [6, 6.07) is 6.06. The number of aliphatic carboxylic acids is 1. The lowest BCUT2D eigenvalue weighted by molar-refractivity contribution is -0.140. The van der Waals surface area contributed by atoms with Gasteiger partial charge in [0.1, 0.15) is 18.4 Å². The smallest absolute Gasteiger partial charge is 0.322 e. The fraction of sp³-hybridized carbons (Fsp3) is 0.400. The van der Waals surface area contributed by atoms with Crippen LogP contribution in [-0.2, 0) is 21.5 Å². The van der Waals surface area contributed by atoms with E-state index in [1.165, 1.54) is 0 Å². The van der Waals surface area contributed by atoms with Gasteiger partial charge in [0.25, 0.3) is 10.2 Å². The quantitative estimate of drug-likeness (QED) is 0.692. The third kappa shape index (κ3) is 4.31. The lowest BCUT2D eigenvalue weighted by Gasteiger charge is -2.21. The standard InChI is InChI=1S/C15H20N2O5S/c1-2-10-22-14-8-4-3-6-12(14)11-16-23(20,21)17-9-5-7-13(17)15(18)19/h2-4,6,8,13,16H,1,5,7,9-11H2,(H,18,19). The molecule has 0 radical (unpaired) electrons. The zero-order valence-electron chi connectivity index (χ0n) is 12.6. The highest BCUT2D eigenvalue weighted by molar-refractivity contribution is 7.87. The lowest BCUT2D eigenvalue weighted by Crippen LogP contribution is -2.46. The van der Waals surface area contributed by atoms with E-state index in [4.69, 9.17) is 9.84 Å². The Morgan fingerprint density at radius 3 is 2.91 bits per heavy atom. The van der Waals surface area contributed by atoms with Gasteiger partial charge in [0.05, 0.1) is 0 Å². The number of benzene rings is 1. The Morgan fingerprint density at radius 2 is 2.22 bits per heavy atom. The van der Waals surface area contributed by atoms with Crippen LogP contribution in [0.3, 0.4) is 0 Å². The summed E-state index contributed by atoms with van der Waals surface area (Å²) < 4.78 is 33.6. The Hall–Kier alpha value is -1.90. The molecular weight excluding hydrogens is 320 g/mol. The molecule has 1 heterocycles. The van der Waals surface area contributed by atoms with E-state index in [1.807, 2.05) is 0 Å². The largest absolute Gasteiger partial charge is 0.489 e. The lowest BCUT2D eigenvalue weighted by atomic mass is 10.2. The molecular formula is C15H20N2O5S. The van der Waals surface area contributed by atoms with E-state index in [0.717, 1.165) is 4.31 Å². The summed E-state index contributed by atoms with van der Waals surface area (Å²) in [5.41, 5.74) is 0.670. The maximum absolute atomic E-state index is 12.3. The third-order valence-electron chi connectivity index (χ3n) is 3.57. The van der Waals surface area contributed by atoms with Gasteiger partial charge in [-0.1, -0.05) is 30.9 Å². The van der Waals surface area contributed by atoms with Crippen molar-refractivity contribution in [1.82, 2.24) is 9.03 Å². The van der Waals surface area contributed by atoms with Crippen molar-refractivity contribution < 1.29 is 23.1 Å². The highest BCUT2D eigenvalue weighted by Gasteiger charge is 2.38. The third-order valence-corrected chi connectivity index (χ3v) is 5.14. The summed E-state index contributed by atoms with van der Waals surface area (Å²) in [5, 5.41) is 9.11. The van der Waals surface area contributed by atoms with Crippen molar-refractivity contribution in [3.8, 4) is 5.75 Å². The van der Waals surface area contributed by atoms with Crippen LogP contribution in [0.4, 0.5) is 0 Å². The monoisotopic (exact) mass is 340 g/mol. The molecule has 0 spiro atoms. The Morgan fingerprint density at radius 1 is 1.48 bits per heavy atom. The topological polar surface area (TPSA) is 95.9 Å². The van der Waals surface area contributed by atoms with Crippen molar-refractivity contribution >= 4 is 16.2 Å². The number of ether oxygens (including phenoxy) is 1. The Balaban J connectivity index is 2.08. The normalized spacial score (nSPS) is 18.7. The molecule has 1 aromatic rings. The first-order chi connectivity index (χ1) is 11.0. The van der Waals surface area contributed by atoms with Crippen LogP contribution in [0.15, 0.2) is 36.9 Å². The van der Waals surface area contributed by atoms with Gasteiger partial charge in [-0.25, -0.2) is 0 Å². The Bertz CT molecular complexity index is 674. The number of hydrogen-bond acceptors (Lipinski definition) is 4. The number of carbonyl (C=O) groups is 1. The van der Waals surface area contributed by atoms with Crippen LogP contribution in [-0.4, -0.2) is 43.0 Å². The molecule has 126 valence electrons. The average Bonchev–Trinajstić information content (AvgIpc) is 3.02. The van der Waals surface area contributed by atoms with Crippen LogP contribution in [0, 0.1) is 0 Å². The van der Waals surface area contributed by atoms with Crippen molar-refractivity contribution in [1.29, 1.82) is 0 Å². The van der Waals surface area contributed by atoms with Crippen LogP contribution >= 0.6 is 0 Å². The van der Waals surface area contributed by atoms with Crippen LogP contribution in [0.1, 0.15) is 18.4 Å². The van der Waals surface area contributed by atoms with Crippen LogP contribution < -0.4 is 9.46 Å². The Kier molecular flexibility index (Phi) is 5.75. The zero-order valence-corrected chi connectivity index (χ0v) is 13.5. The molecule has 1 fully saturated rings. The van der Waals surface area contributed by atoms with E-state index in [-0.39, 0.29) is 13.1 Å². The first-order valence-electron chi connectivity index (χ1n) is 7.26. The SMILES string of the molecule is C=CCOc1ccccc1CNS(=O)(=O)N1CCCC1C(=O)O. The highest BCUT2D eigenvalue weighted by atomic mass is 32.2. The maximum Gasteiger partial charge on any atom is 0.322 e. The van der Waals surface area contributed by atoms with Gasteiger partial charge in [0.2, 0.25) is 0 Å². The number of nitrogens with one attached hydrogen (secondary N) is 1. The molecule has 1 unspecified atom stereocenters. The van der Waals surface area contributed by atoms with E-state index in [2.05, 4.69) is 11.3 Å². The Labute approximate surface area is 135 Å². The molecule has 1 aliphatic heterocycles. The van der Waals surface area contributed by atoms with Gasteiger partial charge in [0.15, 0.2) is 0 Å². The van der Waals surface area contributed by atoms with E-state index in [0.29, 0.717) is 30.8 Å². The zero-order chi connectivity index (χ0) is 16.9. The van der Waals surface area contributed by atoms with Gasteiger partial charge in [-0.2, -0.15) is 17.4 Å². The van der Waals surface area contributed by atoms with Gasteiger partial charge in [-0.15, -0.1) is 0 Å². The van der Waals surface area contributed by atoms with Crippen LogP contribution in [0.2, 0.25) is 0 Å². The van der Waals surface area contributed by atoms with Crippen LogP contribution in [0.5, 0.6) is 5.75 Å². The summed E-state index contributed by atoms with van der Waals surface area (Å²) in [6.45, 7) is 4.12. The van der Waals surface area contributed by atoms with Crippen molar-refractivity contribution in [3.05, 3.63) is 42.5 Å². The summed E-state index contributed by atoms with van der Waals surface area (Å²) in [4.78, 5) is 11.1. The fourth-order valence-corrected chi connectivity index (χ4v) is 3.87. The number of rotatable bonds is 8. The molecule has 1 aliphatic rings. The minimum absolute atomic E-state index is 0.0263. The molecule has 1 aromatic carbocycles. The summed E-state index contributed by atoms with van der Waals surface area (Å²) in [5.74, 6) is -0.561. The predicted octanol–water partition coefficient (Wildman–Crippen LogP) is 1.13. The maximum atomic E-state index is 12.3. The van der Waals surface area contributed by atoms with Gasteiger partial charge in [-0.3, -0.25) is 4.79 Å². The average molecular weight is 340 g/mol. The van der Waals surface area contributed by atoms with Gasteiger partial charge >= 0.3 is 5.97 Å². The van der Waals surface area contributed by atoms with E-state index < -0.39 is 22.2 Å². The second-order valence-electron chi connectivity index (χ2n) is 5.14. The molecule has 0 amide bonds. The molecule has 8 heteroatoms. The second kappa shape index (κ2) is 7.58. The molecule has 0 bridgehead atoms. The van der Waals surface area contributed by atoms with E-state index in [1.54, 1.807) is 30.3 Å². The van der Waals surface area contributed by atoms with E-state index >= 15 is 0 Å². The summed E-state index contributed by atoms with van der Waals surface area (Å²) in [7, 11) is -3.86.